The van der Waals surface area contributed by atoms with Crippen LogP contribution in [0.1, 0.15) is 26.7 Å². The summed E-state index contributed by atoms with van der Waals surface area (Å²) in [7, 11) is 0. The molecule has 1 fully saturated rings. The van der Waals surface area contributed by atoms with Crippen molar-refractivity contribution < 1.29 is 13.6 Å². The van der Waals surface area contributed by atoms with Crippen LogP contribution in [0, 0.1) is 11.6 Å². The monoisotopic (exact) mass is 414 g/mol. The van der Waals surface area contributed by atoms with Gasteiger partial charge >= 0.3 is 6.03 Å². The Bertz CT molecular complexity index is 903. The molecule has 2 heterocycles. The molecule has 0 aliphatic carbocycles. The van der Waals surface area contributed by atoms with E-state index in [1.165, 1.54) is 24.3 Å². The molecule has 0 bridgehead atoms. The van der Waals surface area contributed by atoms with Crippen LogP contribution in [0.2, 0.25) is 0 Å². The van der Waals surface area contributed by atoms with Gasteiger partial charge in [-0.05, 0) is 75.7 Å². The lowest BCUT2D eigenvalue weighted by Crippen LogP contribution is -2.50. The fourth-order valence-corrected chi connectivity index (χ4v) is 4.54. The van der Waals surface area contributed by atoms with Crippen LogP contribution in [0.4, 0.5) is 30.6 Å². The Morgan fingerprint density at radius 3 is 2.50 bits per heavy atom. The van der Waals surface area contributed by atoms with Crippen molar-refractivity contribution in [3.05, 3.63) is 54.1 Å². The summed E-state index contributed by atoms with van der Waals surface area (Å²) in [5.41, 5.74) is 2.02. The van der Waals surface area contributed by atoms with E-state index in [4.69, 9.17) is 0 Å². The van der Waals surface area contributed by atoms with Crippen molar-refractivity contribution >= 4 is 23.1 Å². The molecule has 1 saturated heterocycles. The Morgan fingerprint density at radius 2 is 1.77 bits per heavy atom. The van der Waals surface area contributed by atoms with Gasteiger partial charge in [0.15, 0.2) is 0 Å². The number of nitrogens with one attached hydrogen (secondary N) is 1. The van der Waals surface area contributed by atoms with Crippen LogP contribution in [0.3, 0.4) is 0 Å². The van der Waals surface area contributed by atoms with E-state index in [9.17, 15) is 13.6 Å². The minimum Gasteiger partial charge on any atom is -0.338 e. The van der Waals surface area contributed by atoms with Gasteiger partial charge in [0.2, 0.25) is 0 Å². The molecule has 2 aliphatic rings. The highest BCUT2D eigenvalue weighted by Crippen LogP contribution is 2.38. The highest BCUT2D eigenvalue weighted by molar-refractivity contribution is 5.98. The van der Waals surface area contributed by atoms with E-state index in [0.29, 0.717) is 43.1 Å². The first-order chi connectivity index (χ1) is 14.4. The first-order valence-corrected chi connectivity index (χ1v) is 10.6. The summed E-state index contributed by atoms with van der Waals surface area (Å²) in [6.07, 6.45) is 2.23. The van der Waals surface area contributed by atoms with Gasteiger partial charge in [0.05, 0.1) is 11.4 Å². The van der Waals surface area contributed by atoms with Crippen molar-refractivity contribution in [1.82, 2.24) is 10.2 Å². The highest BCUT2D eigenvalue weighted by Gasteiger charge is 2.30. The topological polar surface area (TPSA) is 38.8 Å². The number of hydrogen-bond acceptors (Lipinski definition) is 3. The van der Waals surface area contributed by atoms with Gasteiger partial charge in [-0.1, -0.05) is 0 Å². The minimum absolute atomic E-state index is 0.169. The third-order valence-corrected chi connectivity index (χ3v) is 6.02. The lowest BCUT2D eigenvalue weighted by molar-refractivity contribution is 0.197. The average Bonchev–Trinajstić information content (AvgIpc) is 3.21. The van der Waals surface area contributed by atoms with Crippen LogP contribution < -0.4 is 15.1 Å². The van der Waals surface area contributed by atoms with E-state index in [1.807, 2.05) is 4.90 Å². The fourth-order valence-electron chi connectivity index (χ4n) is 4.54. The molecule has 0 aromatic heterocycles. The average molecular weight is 415 g/mol. The van der Waals surface area contributed by atoms with E-state index < -0.39 is 0 Å². The zero-order valence-electron chi connectivity index (χ0n) is 17.4. The summed E-state index contributed by atoms with van der Waals surface area (Å²) in [5.74, 6) is -0.694. The Kier molecular flexibility index (Phi) is 5.90. The van der Waals surface area contributed by atoms with Gasteiger partial charge in [-0.15, -0.1) is 0 Å². The molecule has 5 nitrogen and oxygen atoms in total. The molecule has 0 radical (unpaired) electrons. The number of fused-ring (bicyclic) bond motifs is 1. The van der Waals surface area contributed by atoms with Crippen molar-refractivity contribution in [3.63, 3.8) is 0 Å². The Labute approximate surface area is 176 Å². The van der Waals surface area contributed by atoms with Crippen LogP contribution >= 0.6 is 0 Å². The number of carbonyl (C=O) groups is 1. The third kappa shape index (κ3) is 4.12. The van der Waals surface area contributed by atoms with Crippen molar-refractivity contribution in [1.29, 1.82) is 0 Å². The number of likely N-dealkylation sites (tertiary alicyclic amines) is 1. The van der Waals surface area contributed by atoms with Gasteiger partial charge in [-0.25, -0.2) is 13.6 Å². The molecule has 160 valence electrons. The number of benzene rings is 2. The van der Waals surface area contributed by atoms with Crippen molar-refractivity contribution in [3.8, 4) is 0 Å². The number of carbonyl (C=O) groups excluding carboxylic acids is 1. The van der Waals surface area contributed by atoms with Crippen molar-refractivity contribution in [2.45, 2.75) is 38.8 Å². The molecular formula is C23H28F2N4O. The lowest BCUT2D eigenvalue weighted by atomic mass is 10.1. The molecule has 2 amide bonds. The SMILES string of the molecule is CC(C)N1CCC[C@@H]1CNC(=O)N1CCN(c2ccc(F)cc2)c2cc(F)ccc21. The number of hydrogen-bond donors (Lipinski definition) is 1. The summed E-state index contributed by atoms with van der Waals surface area (Å²) in [5, 5.41) is 3.08. The Hall–Kier alpha value is -2.67. The molecule has 0 unspecified atom stereocenters. The van der Waals surface area contributed by atoms with Gasteiger partial charge in [0.1, 0.15) is 11.6 Å². The smallest absolute Gasteiger partial charge is 0.322 e. The number of amides is 2. The van der Waals surface area contributed by atoms with Gasteiger partial charge in [-0.3, -0.25) is 9.80 Å². The maximum atomic E-state index is 14.0. The van der Waals surface area contributed by atoms with Crippen LogP contribution in [0.15, 0.2) is 42.5 Å². The predicted octanol–water partition coefficient (Wildman–Crippen LogP) is 4.51. The standard InChI is InChI=1S/C23H28F2N4O/c1-16(2)27-11-3-4-20(27)15-26-23(30)29-13-12-28(19-8-5-17(24)6-9-19)22-14-18(25)7-10-21(22)29/h5-10,14,16,20H,3-4,11-13,15H2,1-2H3,(H,26,30)/t20-/m1/s1. The fraction of sp³-hybridized carbons (Fsp3) is 0.435. The quantitative estimate of drug-likeness (QED) is 0.800. The predicted molar refractivity (Wildman–Crippen MR) is 115 cm³/mol. The zero-order valence-corrected chi connectivity index (χ0v) is 17.4. The van der Waals surface area contributed by atoms with Crippen LogP contribution in [0.5, 0.6) is 0 Å². The molecule has 1 atom stereocenters. The van der Waals surface area contributed by atoms with E-state index in [-0.39, 0.29) is 17.7 Å². The summed E-state index contributed by atoms with van der Waals surface area (Å²) < 4.78 is 27.4. The van der Waals surface area contributed by atoms with Gasteiger partial charge < -0.3 is 10.2 Å². The lowest BCUT2D eigenvalue weighted by Gasteiger charge is -2.38. The first-order valence-electron chi connectivity index (χ1n) is 10.6. The van der Waals surface area contributed by atoms with Gasteiger partial charge in [-0.2, -0.15) is 0 Å². The molecule has 2 aromatic carbocycles. The van der Waals surface area contributed by atoms with Gasteiger partial charge in [0.25, 0.3) is 0 Å². The van der Waals surface area contributed by atoms with Crippen LogP contribution in [-0.2, 0) is 0 Å². The second-order valence-electron chi connectivity index (χ2n) is 8.23. The molecule has 2 aliphatic heterocycles. The van der Waals surface area contributed by atoms with Crippen molar-refractivity contribution in [2.24, 2.45) is 0 Å². The molecule has 2 aromatic rings. The van der Waals surface area contributed by atoms with Gasteiger partial charge in [0, 0.05) is 37.4 Å². The van der Waals surface area contributed by atoms with E-state index in [1.54, 1.807) is 23.1 Å². The molecule has 4 rings (SSSR count). The maximum Gasteiger partial charge on any atom is 0.322 e. The summed E-state index contributed by atoms with van der Waals surface area (Å²) in [4.78, 5) is 19.0. The number of halogens is 2. The largest absolute Gasteiger partial charge is 0.338 e. The number of rotatable bonds is 4. The molecular weight excluding hydrogens is 386 g/mol. The maximum absolute atomic E-state index is 14.0. The molecule has 0 saturated carbocycles. The molecule has 30 heavy (non-hydrogen) atoms. The normalized spacial score (nSPS) is 19.3. The molecule has 7 heteroatoms. The van der Waals surface area contributed by atoms with E-state index >= 15 is 0 Å². The minimum atomic E-state index is -0.373. The summed E-state index contributed by atoms with van der Waals surface area (Å²) >= 11 is 0. The molecule has 1 N–H and O–H groups in total. The van der Waals surface area contributed by atoms with Crippen LogP contribution in [0.25, 0.3) is 0 Å². The highest BCUT2D eigenvalue weighted by atomic mass is 19.1. The number of anilines is 3. The van der Waals surface area contributed by atoms with Crippen LogP contribution in [-0.4, -0.2) is 49.2 Å². The molecule has 0 spiro atoms. The Balaban J connectivity index is 1.52. The van der Waals surface area contributed by atoms with E-state index in [0.717, 1.165) is 25.1 Å². The summed E-state index contributed by atoms with van der Waals surface area (Å²) in [6, 6.07) is 11.2. The third-order valence-electron chi connectivity index (χ3n) is 6.02. The first kappa shape index (κ1) is 20.6. The second-order valence-corrected chi connectivity index (χ2v) is 8.23. The Morgan fingerprint density at radius 1 is 1.03 bits per heavy atom. The zero-order chi connectivity index (χ0) is 21.3. The summed E-state index contributed by atoms with van der Waals surface area (Å²) in [6.45, 7) is 6.99. The second kappa shape index (κ2) is 8.60. The number of urea groups is 1. The van der Waals surface area contributed by atoms with E-state index in [2.05, 4.69) is 24.1 Å². The van der Waals surface area contributed by atoms with Crippen molar-refractivity contribution in [2.75, 3.05) is 36.0 Å². The number of nitrogens with zero attached hydrogens (tertiary/aromatic N) is 3.